The molecule has 7 N–H and O–H groups in total. The van der Waals surface area contributed by atoms with Gasteiger partial charge in [-0.25, -0.2) is 0 Å². The number of aliphatic hydroxyl groups excluding tert-OH is 1. The van der Waals surface area contributed by atoms with E-state index in [1.54, 1.807) is 0 Å². The lowest BCUT2D eigenvalue weighted by Gasteiger charge is -2.22. The minimum Gasteiger partial charge on any atom is -0.391 e. The average Bonchev–Trinajstić information content (AvgIpc) is 2.40. The maximum absolute atomic E-state index is 11.8. The number of nitrogens with one attached hydrogen (secondary N) is 2. The maximum Gasteiger partial charge on any atom is 0.245 e. The minimum atomic E-state index is -1.08. The van der Waals surface area contributed by atoms with E-state index in [0.717, 1.165) is 6.29 Å². The Labute approximate surface area is 118 Å². The van der Waals surface area contributed by atoms with E-state index in [-0.39, 0.29) is 6.54 Å². The first kappa shape index (κ1) is 18.5. The number of unbranched alkanes of at least 4 members (excludes halogenated alkanes) is 1. The van der Waals surface area contributed by atoms with Crippen LogP contribution in [0.3, 0.4) is 0 Å². The van der Waals surface area contributed by atoms with Gasteiger partial charge in [0.2, 0.25) is 11.8 Å². The Balaban J connectivity index is 4.37. The lowest BCUT2D eigenvalue weighted by atomic mass is 10.1. The van der Waals surface area contributed by atoms with Crippen LogP contribution in [0.5, 0.6) is 0 Å². The Hall–Kier alpha value is -1.51. The highest BCUT2D eigenvalue weighted by Crippen LogP contribution is 1.96. The molecule has 0 fully saturated rings. The summed E-state index contributed by atoms with van der Waals surface area (Å²) in [5.41, 5.74) is 10.9. The average molecular weight is 288 g/mol. The Bertz CT molecular complexity index is 323. The molecule has 0 aliphatic heterocycles. The fourth-order valence-corrected chi connectivity index (χ4v) is 1.48. The summed E-state index contributed by atoms with van der Waals surface area (Å²) in [7, 11) is 0. The van der Waals surface area contributed by atoms with Crippen molar-refractivity contribution >= 4 is 18.1 Å². The zero-order valence-corrected chi connectivity index (χ0v) is 11.7. The topological polar surface area (TPSA) is 148 Å². The molecule has 8 nitrogen and oxygen atoms in total. The third-order valence-corrected chi connectivity index (χ3v) is 2.68. The smallest absolute Gasteiger partial charge is 0.245 e. The minimum absolute atomic E-state index is 0.256. The number of hydrogen-bond acceptors (Lipinski definition) is 6. The molecule has 0 aromatic carbocycles. The van der Waals surface area contributed by atoms with Crippen molar-refractivity contribution < 1.29 is 19.5 Å². The van der Waals surface area contributed by atoms with E-state index in [1.807, 2.05) is 0 Å². The molecule has 0 rings (SSSR count). The summed E-state index contributed by atoms with van der Waals surface area (Å²) in [5.74, 6) is -1.05. The van der Waals surface area contributed by atoms with Gasteiger partial charge in [-0.2, -0.15) is 0 Å². The maximum atomic E-state index is 11.8. The molecule has 0 bridgehead atoms. The zero-order valence-electron chi connectivity index (χ0n) is 11.7. The molecule has 0 saturated heterocycles. The van der Waals surface area contributed by atoms with Crippen LogP contribution in [0, 0.1) is 0 Å². The molecule has 8 heteroatoms. The van der Waals surface area contributed by atoms with Crippen LogP contribution in [0.15, 0.2) is 0 Å². The first-order chi connectivity index (χ1) is 9.43. The first-order valence-corrected chi connectivity index (χ1v) is 6.59. The lowest BCUT2D eigenvalue weighted by Crippen LogP contribution is -2.56. The second-order valence-corrected chi connectivity index (χ2v) is 4.51. The third-order valence-electron chi connectivity index (χ3n) is 2.68. The monoisotopic (exact) mass is 288 g/mol. The highest BCUT2D eigenvalue weighted by molar-refractivity contribution is 5.90. The van der Waals surface area contributed by atoms with E-state index >= 15 is 0 Å². The van der Waals surface area contributed by atoms with Crippen molar-refractivity contribution in [3.8, 4) is 0 Å². The number of nitrogens with two attached hydrogens (primary N) is 2. The van der Waals surface area contributed by atoms with Gasteiger partial charge in [-0.05, 0) is 26.3 Å². The molecule has 0 unspecified atom stereocenters. The highest BCUT2D eigenvalue weighted by Gasteiger charge is 2.27. The van der Waals surface area contributed by atoms with E-state index in [4.69, 9.17) is 11.5 Å². The van der Waals surface area contributed by atoms with Crippen molar-refractivity contribution in [1.82, 2.24) is 10.6 Å². The van der Waals surface area contributed by atoms with Crippen LogP contribution >= 0.6 is 0 Å². The summed E-state index contributed by atoms with van der Waals surface area (Å²) >= 11 is 0. The van der Waals surface area contributed by atoms with Gasteiger partial charge in [0.1, 0.15) is 12.3 Å². The summed E-state index contributed by atoms with van der Waals surface area (Å²) in [6, 6.07) is -1.90. The van der Waals surface area contributed by atoms with Crippen LogP contribution < -0.4 is 22.1 Å². The van der Waals surface area contributed by atoms with E-state index < -0.39 is 30.0 Å². The molecule has 2 amide bonds. The predicted molar refractivity (Wildman–Crippen MR) is 73.6 cm³/mol. The Morgan fingerprint density at radius 3 is 2.50 bits per heavy atom. The number of rotatable bonds is 10. The van der Waals surface area contributed by atoms with Gasteiger partial charge >= 0.3 is 0 Å². The standard InChI is InChI=1S/C12H24N4O4/c1-8(18)10(12(20)15-6-2-3-7-17)16-11(19)9(14)4-5-13/h7-10,18H,2-6,13-14H2,1H3,(H,15,20)(H,16,19)/t8-,9+,10+/m1/s1. The van der Waals surface area contributed by atoms with Gasteiger partial charge in [-0.1, -0.05) is 0 Å². The van der Waals surface area contributed by atoms with Crippen molar-refractivity contribution in [3.63, 3.8) is 0 Å². The number of hydrogen-bond donors (Lipinski definition) is 5. The number of aldehydes is 1. The fourth-order valence-electron chi connectivity index (χ4n) is 1.48. The molecule has 0 aromatic rings. The molecular weight excluding hydrogens is 264 g/mol. The molecule has 0 spiro atoms. The summed E-state index contributed by atoms with van der Waals surface area (Å²) < 4.78 is 0. The van der Waals surface area contributed by atoms with Crippen molar-refractivity contribution in [2.45, 2.75) is 44.4 Å². The second kappa shape index (κ2) is 10.3. The molecule has 20 heavy (non-hydrogen) atoms. The third kappa shape index (κ3) is 7.17. The largest absolute Gasteiger partial charge is 0.391 e. The number of amides is 2. The van der Waals surface area contributed by atoms with Gasteiger partial charge in [0, 0.05) is 13.0 Å². The summed E-state index contributed by atoms with van der Waals surface area (Å²) in [4.78, 5) is 33.7. The molecule has 0 aliphatic carbocycles. The normalized spacial score (nSPS) is 15.0. The van der Waals surface area contributed by atoms with Crippen molar-refractivity contribution in [2.75, 3.05) is 13.1 Å². The van der Waals surface area contributed by atoms with Crippen LogP contribution in [0.25, 0.3) is 0 Å². The number of carbonyl (C=O) groups excluding carboxylic acids is 3. The predicted octanol–water partition coefficient (Wildman–Crippen LogP) is -2.38. The fraction of sp³-hybridized carbons (Fsp3) is 0.750. The summed E-state index contributed by atoms with van der Waals surface area (Å²) in [6.07, 6.45) is 0.830. The van der Waals surface area contributed by atoms with Crippen LogP contribution in [0.4, 0.5) is 0 Å². The van der Waals surface area contributed by atoms with E-state index in [9.17, 15) is 19.5 Å². The van der Waals surface area contributed by atoms with Crippen LogP contribution in [-0.4, -0.2) is 54.5 Å². The zero-order chi connectivity index (χ0) is 15.5. The van der Waals surface area contributed by atoms with E-state index in [1.165, 1.54) is 6.92 Å². The highest BCUT2D eigenvalue weighted by atomic mass is 16.3. The summed E-state index contributed by atoms with van der Waals surface area (Å²) in [6.45, 7) is 1.95. The number of aliphatic hydroxyl groups is 1. The Morgan fingerprint density at radius 2 is 2.00 bits per heavy atom. The molecule has 116 valence electrons. The molecule has 0 heterocycles. The quantitative estimate of drug-likeness (QED) is 0.224. The molecule has 0 saturated carbocycles. The van der Waals surface area contributed by atoms with E-state index in [2.05, 4.69) is 10.6 Å². The van der Waals surface area contributed by atoms with Crippen molar-refractivity contribution in [1.29, 1.82) is 0 Å². The Kier molecular flexibility index (Phi) is 9.52. The summed E-state index contributed by atoms with van der Waals surface area (Å²) in [5, 5.41) is 14.5. The molecular formula is C12H24N4O4. The number of carbonyl (C=O) groups is 3. The van der Waals surface area contributed by atoms with E-state index in [0.29, 0.717) is 25.8 Å². The van der Waals surface area contributed by atoms with Gasteiger partial charge in [0.15, 0.2) is 0 Å². The van der Waals surface area contributed by atoms with Crippen LogP contribution in [0.2, 0.25) is 0 Å². The molecule has 0 radical (unpaired) electrons. The Morgan fingerprint density at radius 1 is 1.35 bits per heavy atom. The molecule has 0 aromatic heterocycles. The van der Waals surface area contributed by atoms with Crippen LogP contribution in [-0.2, 0) is 14.4 Å². The SMILES string of the molecule is C[C@@H](O)[C@H](NC(=O)[C@@H](N)CCN)C(=O)NCCCC=O. The van der Waals surface area contributed by atoms with Gasteiger partial charge in [-0.3, -0.25) is 9.59 Å². The van der Waals surface area contributed by atoms with Gasteiger partial charge in [0.05, 0.1) is 12.1 Å². The van der Waals surface area contributed by atoms with Crippen LogP contribution in [0.1, 0.15) is 26.2 Å². The van der Waals surface area contributed by atoms with Crippen molar-refractivity contribution in [3.05, 3.63) is 0 Å². The first-order valence-electron chi connectivity index (χ1n) is 6.59. The molecule has 3 atom stereocenters. The second-order valence-electron chi connectivity index (χ2n) is 4.51. The molecule has 0 aliphatic rings. The van der Waals surface area contributed by atoms with Gasteiger partial charge in [0.25, 0.3) is 0 Å². The van der Waals surface area contributed by atoms with Crippen molar-refractivity contribution in [2.24, 2.45) is 11.5 Å². The lowest BCUT2D eigenvalue weighted by molar-refractivity contribution is -0.132. The van der Waals surface area contributed by atoms with Gasteiger partial charge in [-0.15, -0.1) is 0 Å². The van der Waals surface area contributed by atoms with Gasteiger partial charge < -0.3 is 32.0 Å².